The minimum absolute atomic E-state index is 0.194. The van der Waals surface area contributed by atoms with Gasteiger partial charge in [-0.1, -0.05) is 40.2 Å². The van der Waals surface area contributed by atoms with Crippen LogP contribution in [0.5, 0.6) is 0 Å². The first-order chi connectivity index (χ1) is 7.68. The summed E-state index contributed by atoms with van der Waals surface area (Å²) in [5.74, 6) is 0. The monoisotopic (exact) mass is 298 g/mol. The van der Waals surface area contributed by atoms with Gasteiger partial charge in [-0.05, 0) is 42.1 Å². The van der Waals surface area contributed by atoms with E-state index in [-0.39, 0.29) is 4.83 Å². The molecule has 0 spiro atoms. The summed E-state index contributed by atoms with van der Waals surface area (Å²) in [5, 5.41) is 0.468. The van der Waals surface area contributed by atoms with E-state index in [1.165, 1.54) is 11.1 Å². The molecule has 16 heavy (non-hydrogen) atoms. The average molecular weight is 300 g/mol. The normalized spacial score (nSPS) is 12.7. The van der Waals surface area contributed by atoms with Crippen LogP contribution < -0.4 is 0 Å². The molecule has 0 amide bonds. The largest absolute Gasteiger partial charge is 0.453 e. The van der Waals surface area contributed by atoms with Crippen molar-refractivity contribution in [1.29, 1.82) is 0 Å². The topological polar surface area (TPSA) is 13.1 Å². The summed E-state index contributed by atoms with van der Waals surface area (Å²) in [6, 6.07) is 10.3. The lowest BCUT2D eigenvalue weighted by Crippen LogP contribution is -1.96. The van der Waals surface area contributed by atoms with E-state index in [1.54, 1.807) is 6.26 Å². The Labute approximate surface area is 109 Å². The zero-order chi connectivity index (χ0) is 11.5. The highest BCUT2D eigenvalue weighted by Crippen LogP contribution is 2.33. The zero-order valence-corrected chi connectivity index (χ0v) is 11.3. The molecule has 1 unspecified atom stereocenters. The Hall–Kier alpha value is -0.730. The minimum atomic E-state index is 0.194. The number of rotatable bonds is 3. The van der Waals surface area contributed by atoms with Crippen molar-refractivity contribution in [1.82, 2.24) is 0 Å². The van der Waals surface area contributed by atoms with Crippen molar-refractivity contribution in [3.63, 3.8) is 0 Å². The van der Waals surface area contributed by atoms with Crippen LogP contribution in [0.25, 0.3) is 0 Å². The van der Waals surface area contributed by atoms with Crippen molar-refractivity contribution in [2.45, 2.75) is 18.2 Å². The van der Waals surface area contributed by atoms with Crippen molar-refractivity contribution in [2.75, 3.05) is 0 Å². The lowest BCUT2D eigenvalue weighted by molar-refractivity contribution is 0.565. The molecule has 0 aliphatic heterocycles. The second kappa shape index (κ2) is 5.07. The first-order valence-corrected chi connectivity index (χ1v) is 6.39. The smallest absolute Gasteiger partial charge is 0.197 e. The van der Waals surface area contributed by atoms with Crippen LogP contribution in [0.1, 0.15) is 21.5 Å². The molecule has 0 bridgehead atoms. The maximum atomic E-state index is 5.94. The number of furan rings is 1. The molecule has 3 heteroatoms. The van der Waals surface area contributed by atoms with Gasteiger partial charge in [0, 0.05) is 10.4 Å². The van der Waals surface area contributed by atoms with Gasteiger partial charge in [-0.2, -0.15) is 0 Å². The summed E-state index contributed by atoms with van der Waals surface area (Å²) < 4.78 is 5.09. The summed E-state index contributed by atoms with van der Waals surface area (Å²) >= 11 is 9.59. The van der Waals surface area contributed by atoms with Gasteiger partial charge in [0.25, 0.3) is 0 Å². The van der Waals surface area contributed by atoms with E-state index in [0.717, 1.165) is 12.0 Å². The predicted molar refractivity (Wildman–Crippen MR) is 70.3 cm³/mol. The third kappa shape index (κ3) is 2.50. The van der Waals surface area contributed by atoms with Crippen LogP contribution in [0.2, 0.25) is 5.22 Å². The van der Waals surface area contributed by atoms with Crippen molar-refractivity contribution in [3.05, 3.63) is 58.5 Å². The van der Waals surface area contributed by atoms with Crippen molar-refractivity contribution < 1.29 is 4.42 Å². The van der Waals surface area contributed by atoms with Gasteiger partial charge < -0.3 is 4.42 Å². The van der Waals surface area contributed by atoms with Crippen LogP contribution in [-0.2, 0) is 6.42 Å². The van der Waals surface area contributed by atoms with Gasteiger partial charge in [0.15, 0.2) is 5.22 Å². The molecule has 84 valence electrons. The summed E-state index contributed by atoms with van der Waals surface area (Å²) in [6.45, 7) is 2.12. The summed E-state index contributed by atoms with van der Waals surface area (Å²) in [4.78, 5) is 0.194. The second-order valence-electron chi connectivity index (χ2n) is 3.75. The number of hydrogen-bond donors (Lipinski definition) is 0. The highest BCUT2D eigenvalue weighted by molar-refractivity contribution is 9.09. The lowest BCUT2D eigenvalue weighted by atomic mass is 10.0. The molecule has 0 radical (unpaired) electrons. The first kappa shape index (κ1) is 11.7. The highest BCUT2D eigenvalue weighted by Gasteiger charge is 2.15. The molecule has 2 rings (SSSR count). The standard InChI is InChI=1S/C13H12BrClO/c1-9-4-2-3-5-10(9)8-12(14)11-6-7-16-13(11)15/h2-7,12H,8H2,1H3. The SMILES string of the molecule is Cc1ccccc1CC(Br)c1ccoc1Cl. The molecule has 0 aliphatic carbocycles. The molecule has 0 saturated heterocycles. The van der Waals surface area contributed by atoms with Gasteiger partial charge >= 0.3 is 0 Å². The van der Waals surface area contributed by atoms with E-state index in [4.69, 9.17) is 16.0 Å². The van der Waals surface area contributed by atoms with E-state index in [1.807, 2.05) is 12.1 Å². The molecule has 1 nitrogen and oxygen atoms in total. The fourth-order valence-electron chi connectivity index (χ4n) is 1.67. The third-order valence-corrected chi connectivity index (χ3v) is 3.77. The molecule has 0 saturated carbocycles. The Bertz CT molecular complexity index is 478. The molecule has 1 heterocycles. The quantitative estimate of drug-likeness (QED) is 0.733. The van der Waals surface area contributed by atoms with Crippen LogP contribution in [-0.4, -0.2) is 0 Å². The Morgan fingerprint density at radius 1 is 1.31 bits per heavy atom. The summed E-state index contributed by atoms with van der Waals surface area (Å²) in [6.07, 6.45) is 2.52. The molecule has 0 fully saturated rings. The second-order valence-corrected chi connectivity index (χ2v) is 5.20. The summed E-state index contributed by atoms with van der Waals surface area (Å²) in [5.41, 5.74) is 3.62. The minimum Gasteiger partial charge on any atom is -0.453 e. The highest BCUT2D eigenvalue weighted by atomic mass is 79.9. The number of aryl methyl sites for hydroxylation is 1. The van der Waals surface area contributed by atoms with Crippen LogP contribution >= 0.6 is 27.5 Å². The Balaban J connectivity index is 2.17. The first-order valence-electron chi connectivity index (χ1n) is 5.10. The number of alkyl halides is 1. The number of hydrogen-bond acceptors (Lipinski definition) is 1. The molecule has 2 aromatic rings. The Morgan fingerprint density at radius 2 is 2.06 bits per heavy atom. The van der Waals surface area contributed by atoms with E-state index in [9.17, 15) is 0 Å². The van der Waals surface area contributed by atoms with Gasteiger partial charge in [0.2, 0.25) is 0 Å². The van der Waals surface area contributed by atoms with Gasteiger partial charge in [0.1, 0.15) is 0 Å². The van der Waals surface area contributed by atoms with Crippen molar-refractivity contribution >= 4 is 27.5 Å². The number of halogens is 2. The van der Waals surface area contributed by atoms with Gasteiger partial charge in [-0.3, -0.25) is 0 Å². The van der Waals surface area contributed by atoms with E-state index in [2.05, 4.69) is 41.1 Å². The molecule has 0 N–H and O–H groups in total. The van der Waals surface area contributed by atoms with Gasteiger partial charge in [-0.15, -0.1) is 0 Å². The van der Waals surface area contributed by atoms with Gasteiger partial charge in [0.05, 0.1) is 6.26 Å². The van der Waals surface area contributed by atoms with Crippen LogP contribution in [0.15, 0.2) is 41.0 Å². The van der Waals surface area contributed by atoms with Crippen LogP contribution in [0, 0.1) is 6.92 Å². The number of benzene rings is 1. The fraction of sp³-hybridized carbons (Fsp3) is 0.231. The van der Waals surface area contributed by atoms with Crippen molar-refractivity contribution in [3.8, 4) is 0 Å². The summed E-state index contributed by atoms with van der Waals surface area (Å²) in [7, 11) is 0. The maximum absolute atomic E-state index is 5.94. The maximum Gasteiger partial charge on any atom is 0.197 e. The molecule has 1 atom stereocenters. The molecular weight excluding hydrogens is 287 g/mol. The molecule has 1 aromatic carbocycles. The molecule has 1 aromatic heterocycles. The van der Waals surface area contributed by atoms with E-state index >= 15 is 0 Å². The predicted octanol–water partition coefficient (Wildman–Crippen LogP) is 4.92. The molecule has 0 aliphatic rings. The van der Waals surface area contributed by atoms with E-state index in [0.29, 0.717) is 5.22 Å². The Morgan fingerprint density at radius 3 is 2.69 bits per heavy atom. The van der Waals surface area contributed by atoms with Gasteiger partial charge in [-0.25, -0.2) is 0 Å². The average Bonchev–Trinajstić information content (AvgIpc) is 2.68. The molecular formula is C13H12BrClO. The fourth-order valence-corrected chi connectivity index (χ4v) is 2.76. The zero-order valence-electron chi connectivity index (χ0n) is 8.91. The van der Waals surface area contributed by atoms with Crippen LogP contribution in [0.4, 0.5) is 0 Å². The van der Waals surface area contributed by atoms with Crippen molar-refractivity contribution in [2.24, 2.45) is 0 Å². The van der Waals surface area contributed by atoms with Crippen LogP contribution in [0.3, 0.4) is 0 Å². The lowest BCUT2D eigenvalue weighted by Gasteiger charge is -2.10. The van der Waals surface area contributed by atoms with E-state index < -0.39 is 0 Å². The third-order valence-electron chi connectivity index (χ3n) is 2.64. The Kier molecular flexibility index (Phi) is 3.72.